The molecule has 2 heteroatoms. The van der Waals surface area contributed by atoms with Crippen LogP contribution in [0.5, 0.6) is 0 Å². The number of nitrogens with zero attached hydrogens (tertiary/aromatic N) is 1. The van der Waals surface area contributed by atoms with Crippen molar-refractivity contribution in [1.82, 2.24) is 4.98 Å². The van der Waals surface area contributed by atoms with Crippen LogP contribution in [-0.2, 0) is 5.41 Å². The van der Waals surface area contributed by atoms with Gasteiger partial charge in [-0.1, -0.05) is 12.5 Å². The molecule has 1 aliphatic rings. The Morgan fingerprint density at radius 2 is 2.12 bits per heavy atom. The summed E-state index contributed by atoms with van der Waals surface area (Å²) in [6.45, 7) is 2.32. The van der Waals surface area contributed by atoms with Gasteiger partial charge in [0.25, 0.3) is 0 Å². The van der Waals surface area contributed by atoms with E-state index in [-0.39, 0.29) is 12.0 Å². The number of aromatic nitrogens is 1. The number of aryl methyl sites for hydroxylation is 1. The number of aliphatic hydroxyl groups excluding tert-OH is 1. The first-order chi connectivity index (χ1) is 8.23. The molecular formula is C15H17NO. The van der Waals surface area contributed by atoms with E-state index in [1.54, 1.807) is 0 Å². The van der Waals surface area contributed by atoms with Gasteiger partial charge in [0.2, 0.25) is 0 Å². The number of benzene rings is 1. The van der Waals surface area contributed by atoms with Crippen molar-refractivity contribution in [3.63, 3.8) is 0 Å². The van der Waals surface area contributed by atoms with Crippen molar-refractivity contribution in [1.29, 1.82) is 0 Å². The minimum atomic E-state index is 0.0257. The highest BCUT2D eigenvalue weighted by atomic mass is 16.3. The lowest BCUT2D eigenvalue weighted by Crippen LogP contribution is -2.37. The average Bonchev–Trinajstić information content (AvgIpc) is 2.28. The maximum atomic E-state index is 9.60. The monoisotopic (exact) mass is 227 g/mol. The summed E-state index contributed by atoms with van der Waals surface area (Å²) in [5.74, 6) is 0. The van der Waals surface area contributed by atoms with Crippen LogP contribution in [0.15, 0.2) is 30.5 Å². The molecule has 1 N–H and O–H groups in total. The molecular weight excluding hydrogens is 210 g/mol. The first-order valence-electron chi connectivity index (χ1n) is 6.21. The molecule has 0 aliphatic heterocycles. The number of rotatable bonds is 2. The first-order valence-corrected chi connectivity index (χ1v) is 6.21. The van der Waals surface area contributed by atoms with E-state index in [4.69, 9.17) is 0 Å². The van der Waals surface area contributed by atoms with Crippen LogP contribution in [0.3, 0.4) is 0 Å². The maximum Gasteiger partial charge on any atom is 0.0702 e. The molecule has 1 fully saturated rings. The summed E-state index contributed by atoms with van der Waals surface area (Å²) in [5.41, 5.74) is 3.51. The zero-order chi connectivity index (χ0) is 11.9. The fourth-order valence-electron chi connectivity index (χ4n) is 2.71. The molecule has 1 saturated carbocycles. The molecule has 0 amide bonds. The normalized spacial score (nSPS) is 18.0. The van der Waals surface area contributed by atoms with E-state index in [0.29, 0.717) is 0 Å². The molecule has 88 valence electrons. The lowest BCUT2D eigenvalue weighted by molar-refractivity contribution is 0.120. The van der Waals surface area contributed by atoms with Crippen molar-refractivity contribution in [3.05, 3.63) is 41.6 Å². The van der Waals surface area contributed by atoms with Crippen molar-refractivity contribution in [3.8, 4) is 0 Å². The number of hydrogen-bond acceptors (Lipinski definition) is 2. The fraction of sp³-hybridized carbons (Fsp3) is 0.400. The van der Waals surface area contributed by atoms with Crippen molar-refractivity contribution in [2.75, 3.05) is 6.61 Å². The summed E-state index contributed by atoms with van der Waals surface area (Å²) in [7, 11) is 0. The summed E-state index contributed by atoms with van der Waals surface area (Å²) in [6, 6.07) is 8.56. The summed E-state index contributed by atoms with van der Waals surface area (Å²) >= 11 is 0. The van der Waals surface area contributed by atoms with E-state index < -0.39 is 0 Å². The van der Waals surface area contributed by atoms with Gasteiger partial charge < -0.3 is 5.11 Å². The van der Waals surface area contributed by atoms with Gasteiger partial charge >= 0.3 is 0 Å². The number of pyridine rings is 1. The zero-order valence-electron chi connectivity index (χ0n) is 10.1. The SMILES string of the molecule is Cc1cnc2ccc(C3(CO)CCC3)cc2c1. The molecule has 0 atom stereocenters. The number of hydrogen-bond donors (Lipinski definition) is 1. The van der Waals surface area contributed by atoms with E-state index in [0.717, 1.165) is 18.4 Å². The third-order valence-corrected chi connectivity index (χ3v) is 4.04. The smallest absolute Gasteiger partial charge is 0.0702 e. The van der Waals surface area contributed by atoms with Crippen LogP contribution in [0.25, 0.3) is 10.9 Å². The van der Waals surface area contributed by atoms with Gasteiger partial charge in [0.15, 0.2) is 0 Å². The summed E-state index contributed by atoms with van der Waals surface area (Å²) in [5, 5.41) is 10.8. The molecule has 3 rings (SSSR count). The highest BCUT2D eigenvalue weighted by Gasteiger charge is 2.37. The van der Waals surface area contributed by atoms with Gasteiger partial charge in [-0.3, -0.25) is 4.98 Å². The van der Waals surface area contributed by atoms with Crippen LogP contribution >= 0.6 is 0 Å². The highest BCUT2D eigenvalue weighted by Crippen LogP contribution is 2.43. The zero-order valence-corrected chi connectivity index (χ0v) is 10.1. The van der Waals surface area contributed by atoms with Gasteiger partial charge in [0.1, 0.15) is 0 Å². The van der Waals surface area contributed by atoms with Gasteiger partial charge in [-0.25, -0.2) is 0 Å². The summed E-state index contributed by atoms with van der Waals surface area (Å²) < 4.78 is 0. The molecule has 1 aromatic carbocycles. The predicted octanol–water partition coefficient (Wildman–Crippen LogP) is 2.96. The van der Waals surface area contributed by atoms with E-state index in [9.17, 15) is 5.11 Å². The largest absolute Gasteiger partial charge is 0.395 e. The van der Waals surface area contributed by atoms with E-state index in [1.165, 1.54) is 22.9 Å². The lowest BCUT2D eigenvalue weighted by Gasteiger charge is -2.41. The first kappa shape index (κ1) is 10.7. The Bertz CT molecular complexity index is 552. The van der Waals surface area contributed by atoms with E-state index in [2.05, 4.69) is 36.2 Å². The third-order valence-electron chi connectivity index (χ3n) is 4.04. The van der Waals surface area contributed by atoms with Crippen LogP contribution in [-0.4, -0.2) is 16.7 Å². The predicted molar refractivity (Wildman–Crippen MR) is 69.1 cm³/mol. The van der Waals surface area contributed by atoms with Crippen LogP contribution in [0.1, 0.15) is 30.4 Å². The Morgan fingerprint density at radius 3 is 2.76 bits per heavy atom. The Hall–Kier alpha value is -1.41. The molecule has 0 spiro atoms. The van der Waals surface area contributed by atoms with Crippen molar-refractivity contribution < 1.29 is 5.11 Å². The molecule has 0 unspecified atom stereocenters. The second-order valence-corrected chi connectivity index (χ2v) is 5.21. The molecule has 1 heterocycles. The number of fused-ring (bicyclic) bond motifs is 1. The summed E-state index contributed by atoms with van der Waals surface area (Å²) in [4.78, 5) is 4.41. The Morgan fingerprint density at radius 1 is 1.29 bits per heavy atom. The minimum Gasteiger partial charge on any atom is -0.395 e. The van der Waals surface area contributed by atoms with Gasteiger partial charge in [-0.05, 0) is 49.1 Å². The second kappa shape index (κ2) is 3.81. The third kappa shape index (κ3) is 1.64. The lowest BCUT2D eigenvalue weighted by atomic mass is 9.65. The second-order valence-electron chi connectivity index (χ2n) is 5.21. The average molecular weight is 227 g/mol. The van der Waals surface area contributed by atoms with Gasteiger partial charge in [0, 0.05) is 17.0 Å². The van der Waals surface area contributed by atoms with Crippen LogP contribution < -0.4 is 0 Å². The fourth-order valence-corrected chi connectivity index (χ4v) is 2.71. The molecule has 0 saturated heterocycles. The Balaban J connectivity index is 2.12. The summed E-state index contributed by atoms with van der Waals surface area (Å²) in [6.07, 6.45) is 5.33. The minimum absolute atomic E-state index is 0.0257. The van der Waals surface area contributed by atoms with Crippen molar-refractivity contribution >= 4 is 10.9 Å². The maximum absolute atomic E-state index is 9.60. The highest BCUT2D eigenvalue weighted by molar-refractivity contribution is 5.80. The van der Waals surface area contributed by atoms with Crippen molar-refractivity contribution in [2.24, 2.45) is 0 Å². The van der Waals surface area contributed by atoms with Gasteiger partial charge in [0.05, 0.1) is 12.1 Å². The van der Waals surface area contributed by atoms with Gasteiger partial charge in [-0.2, -0.15) is 0 Å². The number of aliphatic hydroxyl groups is 1. The molecule has 2 aromatic rings. The van der Waals surface area contributed by atoms with Crippen molar-refractivity contribution in [2.45, 2.75) is 31.6 Å². The van der Waals surface area contributed by atoms with Crippen LogP contribution in [0.2, 0.25) is 0 Å². The standard InChI is InChI=1S/C15H17NO/c1-11-7-12-8-13(3-4-14(12)16-9-11)15(10-17)5-2-6-15/h3-4,7-9,17H,2,5-6,10H2,1H3. The van der Waals surface area contributed by atoms with E-state index >= 15 is 0 Å². The quantitative estimate of drug-likeness (QED) is 0.855. The Kier molecular flexibility index (Phi) is 2.40. The van der Waals surface area contributed by atoms with Gasteiger partial charge in [-0.15, -0.1) is 0 Å². The molecule has 0 radical (unpaired) electrons. The molecule has 17 heavy (non-hydrogen) atoms. The Labute approximate surface area is 101 Å². The molecule has 0 bridgehead atoms. The topological polar surface area (TPSA) is 33.1 Å². The van der Waals surface area contributed by atoms with Crippen LogP contribution in [0, 0.1) is 6.92 Å². The van der Waals surface area contributed by atoms with E-state index in [1.807, 2.05) is 6.20 Å². The molecule has 1 aliphatic carbocycles. The molecule has 1 aromatic heterocycles. The molecule has 2 nitrogen and oxygen atoms in total. The van der Waals surface area contributed by atoms with Crippen LogP contribution in [0.4, 0.5) is 0 Å².